The largest absolute Gasteiger partial charge is 0.372 e. The predicted molar refractivity (Wildman–Crippen MR) is 108 cm³/mol. The molecular weight excluding hydrogens is 340 g/mol. The van der Waals surface area contributed by atoms with E-state index in [4.69, 9.17) is 4.74 Å². The minimum absolute atomic E-state index is 0.372. The van der Waals surface area contributed by atoms with E-state index in [9.17, 15) is 0 Å². The van der Waals surface area contributed by atoms with Crippen molar-refractivity contribution in [1.29, 1.82) is 0 Å². The Morgan fingerprint density at radius 1 is 1.23 bits per heavy atom. The molecule has 4 heteroatoms. The van der Waals surface area contributed by atoms with Gasteiger partial charge in [0.1, 0.15) is 6.10 Å². The molecule has 0 N–H and O–H groups in total. The zero-order chi connectivity index (χ0) is 18.1. The van der Waals surface area contributed by atoms with Crippen LogP contribution in [0, 0.1) is 13.8 Å². The highest BCUT2D eigenvalue weighted by molar-refractivity contribution is 8.03. The van der Waals surface area contributed by atoms with Crippen LogP contribution >= 0.6 is 11.8 Å². The molecule has 0 amide bonds. The highest BCUT2D eigenvalue weighted by Gasteiger charge is 2.25. The van der Waals surface area contributed by atoms with Crippen LogP contribution in [0.5, 0.6) is 0 Å². The van der Waals surface area contributed by atoms with Crippen molar-refractivity contribution in [2.45, 2.75) is 51.2 Å². The van der Waals surface area contributed by atoms with E-state index in [1.165, 1.54) is 45.4 Å². The maximum Gasteiger partial charge on any atom is 0.179 e. The topological polar surface area (TPSA) is 16.4 Å². The molecule has 1 aromatic heterocycles. The van der Waals surface area contributed by atoms with Gasteiger partial charge in [-0.05, 0) is 43.5 Å². The maximum atomic E-state index is 5.83. The van der Waals surface area contributed by atoms with Crippen LogP contribution in [0.15, 0.2) is 46.3 Å². The number of hydrogen-bond acceptors (Lipinski definition) is 3. The van der Waals surface area contributed by atoms with Crippen LogP contribution in [0.3, 0.4) is 0 Å². The molecular formula is C22H27N2OS+. The Labute approximate surface area is 160 Å². The molecule has 3 heterocycles. The first-order valence-corrected chi connectivity index (χ1v) is 10.4. The van der Waals surface area contributed by atoms with Crippen LogP contribution in [-0.2, 0) is 11.3 Å². The summed E-state index contributed by atoms with van der Waals surface area (Å²) in [5.41, 5.74) is 5.20. The number of para-hydroxylation sites is 1. The van der Waals surface area contributed by atoms with Crippen molar-refractivity contribution in [3.05, 3.63) is 58.4 Å². The number of aromatic nitrogens is 1. The number of thioether (sulfide) groups is 1. The SMILES string of the molecule is CCN1/C(=C\c2cc(C)[n+](CC3CCCO3)c(C)c2)Sc2ccccc21. The van der Waals surface area contributed by atoms with Crippen LogP contribution in [0.2, 0.25) is 0 Å². The minimum atomic E-state index is 0.372. The third kappa shape index (κ3) is 3.40. The summed E-state index contributed by atoms with van der Waals surface area (Å²) in [5, 5.41) is 1.31. The molecule has 3 nitrogen and oxygen atoms in total. The quantitative estimate of drug-likeness (QED) is 0.729. The van der Waals surface area contributed by atoms with Crippen LogP contribution in [0.4, 0.5) is 5.69 Å². The molecule has 1 aromatic carbocycles. The smallest absolute Gasteiger partial charge is 0.179 e. The van der Waals surface area contributed by atoms with Crippen molar-refractivity contribution in [2.75, 3.05) is 18.1 Å². The van der Waals surface area contributed by atoms with Gasteiger partial charge in [0, 0.05) is 44.0 Å². The molecule has 26 heavy (non-hydrogen) atoms. The second-order valence-corrected chi connectivity index (χ2v) is 8.18. The highest BCUT2D eigenvalue weighted by Crippen LogP contribution is 2.46. The molecule has 1 fully saturated rings. The second-order valence-electron chi connectivity index (χ2n) is 7.11. The lowest BCUT2D eigenvalue weighted by molar-refractivity contribution is -0.714. The van der Waals surface area contributed by atoms with Crippen LogP contribution in [0.1, 0.15) is 36.7 Å². The van der Waals surface area contributed by atoms with E-state index in [0.717, 1.165) is 19.7 Å². The number of rotatable bonds is 4. The number of anilines is 1. The lowest BCUT2D eigenvalue weighted by Crippen LogP contribution is -2.45. The molecule has 0 spiro atoms. The first-order valence-electron chi connectivity index (χ1n) is 9.54. The number of pyridine rings is 1. The summed E-state index contributed by atoms with van der Waals surface area (Å²) in [6.45, 7) is 9.50. The Kier molecular flexibility index (Phi) is 5.05. The standard InChI is InChI=1S/C22H27N2OS/c1-4-23-20-9-5-6-10-21(20)26-22(23)14-18-12-16(2)24(17(3)13-18)15-19-8-7-11-25-19/h5-6,9-10,12-14,19H,4,7-8,11,15H2,1-3H3/q+1. The van der Waals surface area contributed by atoms with Gasteiger partial charge in [-0.25, -0.2) is 0 Å². The van der Waals surface area contributed by atoms with Crippen molar-refractivity contribution < 1.29 is 9.30 Å². The Balaban J connectivity index is 1.61. The molecule has 2 aliphatic rings. The summed E-state index contributed by atoms with van der Waals surface area (Å²) in [5.74, 6) is 0. The summed E-state index contributed by atoms with van der Waals surface area (Å²) in [6, 6.07) is 13.3. The van der Waals surface area contributed by atoms with Gasteiger partial charge < -0.3 is 9.64 Å². The number of nitrogens with zero attached hydrogens (tertiary/aromatic N) is 2. The Bertz CT molecular complexity index is 817. The number of ether oxygens (including phenoxy) is 1. The number of fused-ring (bicyclic) bond motifs is 1. The van der Waals surface area contributed by atoms with Gasteiger partial charge in [-0.3, -0.25) is 0 Å². The van der Waals surface area contributed by atoms with E-state index < -0.39 is 0 Å². The number of hydrogen-bond donors (Lipinski definition) is 0. The second kappa shape index (κ2) is 7.45. The fraction of sp³-hybridized carbons (Fsp3) is 0.409. The first-order chi connectivity index (χ1) is 12.7. The molecule has 136 valence electrons. The lowest BCUT2D eigenvalue weighted by atomic mass is 10.1. The van der Waals surface area contributed by atoms with Gasteiger partial charge in [-0.1, -0.05) is 23.9 Å². The van der Waals surface area contributed by atoms with E-state index in [-0.39, 0.29) is 0 Å². The predicted octanol–water partition coefficient (Wildman–Crippen LogP) is 4.70. The molecule has 0 aliphatic carbocycles. The van der Waals surface area contributed by atoms with Gasteiger partial charge in [0.2, 0.25) is 0 Å². The average Bonchev–Trinajstić information content (AvgIpc) is 3.25. The van der Waals surface area contributed by atoms with Crippen molar-refractivity contribution in [3.8, 4) is 0 Å². The first kappa shape index (κ1) is 17.6. The van der Waals surface area contributed by atoms with Gasteiger partial charge in [0.25, 0.3) is 0 Å². The Morgan fingerprint density at radius 2 is 2.00 bits per heavy atom. The summed E-state index contributed by atoms with van der Waals surface area (Å²) in [7, 11) is 0. The van der Waals surface area contributed by atoms with Gasteiger partial charge in [-0.2, -0.15) is 4.57 Å². The van der Waals surface area contributed by atoms with Gasteiger partial charge in [-0.15, -0.1) is 0 Å². The molecule has 1 unspecified atom stereocenters. The Hall–Kier alpha value is -1.78. The molecule has 0 radical (unpaired) electrons. The minimum Gasteiger partial charge on any atom is -0.372 e. The van der Waals surface area contributed by atoms with E-state index in [1.54, 1.807) is 0 Å². The van der Waals surface area contributed by atoms with Crippen molar-refractivity contribution in [2.24, 2.45) is 0 Å². The van der Waals surface area contributed by atoms with Gasteiger partial charge in [0.15, 0.2) is 17.9 Å². The molecule has 1 saturated heterocycles. The van der Waals surface area contributed by atoms with E-state index in [0.29, 0.717) is 6.10 Å². The van der Waals surface area contributed by atoms with Gasteiger partial charge in [0.05, 0.1) is 10.7 Å². The maximum absolute atomic E-state index is 5.83. The highest BCUT2D eigenvalue weighted by atomic mass is 32.2. The molecule has 0 bridgehead atoms. The molecule has 1 atom stereocenters. The fourth-order valence-electron chi connectivity index (χ4n) is 3.95. The summed E-state index contributed by atoms with van der Waals surface area (Å²) < 4.78 is 8.22. The average molecular weight is 368 g/mol. The zero-order valence-corrected chi connectivity index (χ0v) is 16.7. The number of benzene rings is 1. The van der Waals surface area contributed by atoms with Crippen molar-refractivity contribution in [1.82, 2.24) is 0 Å². The van der Waals surface area contributed by atoms with E-state index in [1.807, 2.05) is 11.8 Å². The molecule has 4 rings (SSSR count). The third-order valence-electron chi connectivity index (χ3n) is 5.26. The third-order valence-corrected chi connectivity index (χ3v) is 6.37. The van der Waals surface area contributed by atoms with E-state index >= 15 is 0 Å². The summed E-state index contributed by atoms with van der Waals surface area (Å²) in [4.78, 5) is 3.75. The van der Waals surface area contributed by atoms with Crippen LogP contribution in [0.25, 0.3) is 6.08 Å². The molecule has 2 aliphatic heterocycles. The molecule has 0 saturated carbocycles. The van der Waals surface area contributed by atoms with Crippen molar-refractivity contribution in [3.63, 3.8) is 0 Å². The normalized spacial score (nSPS) is 20.8. The van der Waals surface area contributed by atoms with Gasteiger partial charge >= 0.3 is 0 Å². The van der Waals surface area contributed by atoms with E-state index in [2.05, 4.69) is 72.7 Å². The van der Waals surface area contributed by atoms with Crippen molar-refractivity contribution >= 4 is 23.5 Å². The lowest BCUT2D eigenvalue weighted by Gasteiger charge is -2.18. The Morgan fingerprint density at radius 3 is 2.69 bits per heavy atom. The zero-order valence-electron chi connectivity index (χ0n) is 15.9. The summed E-state index contributed by atoms with van der Waals surface area (Å²) in [6.07, 6.45) is 5.07. The van der Waals surface area contributed by atoms with Crippen LogP contribution < -0.4 is 9.47 Å². The summed E-state index contributed by atoms with van der Waals surface area (Å²) >= 11 is 1.87. The monoisotopic (exact) mass is 367 g/mol. The van der Waals surface area contributed by atoms with Crippen LogP contribution in [-0.4, -0.2) is 19.3 Å². The fourth-order valence-corrected chi connectivity index (χ4v) is 5.14. The molecule has 2 aromatic rings. The number of aryl methyl sites for hydroxylation is 2.